The van der Waals surface area contributed by atoms with Gasteiger partial charge in [0.1, 0.15) is 5.75 Å². The molecule has 1 aromatic heterocycles. The predicted molar refractivity (Wildman–Crippen MR) is 121 cm³/mol. The van der Waals surface area contributed by atoms with E-state index >= 15 is 0 Å². The van der Waals surface area contributed by atoms with E-state index in [9.17, 15) is 18.4 Å². The first kappa shape index (κ1) is 24.2. The average molecular weight is 493 g/mol. The molecule has 6 nitrogen and oxygen atoms in total. The molecule has 1 amide bonds. The van der Waals surface area contributed by atoms with E-state index in [1.54, 1.807) is 30.3 Å². The van der Waals surface area contributed by atoms with Crippen LogP contribution in [0.4, 0.5) is 14.6 Å². The van der Waals surface area contributed by atoms with Crippen LogP contribution in [0.3, 0.4) is 0 Å². The molecule has 0 bridgehead atoms. The van der Waals surface area contributed by atoms with Gasteiger partial charge in [-0.15, -0.1) is 0 Å². The summed E-state index contributed by atoms with van der Waals surface area (Å²) < 4.78 is 34.2. The summed E-state index contributed by atoms with van der Waals surface area (Å²) in [6.45, 7) is -3.53. The number of hydrogen-bond acceptors (Lipinski definition) is 5. The van der Waals surface area contributed by atoms with Gasteiger partial charge in [0.05, 0.1) is 15.6 Å². The summed E-state index contributed by atoms with van der Waals surface area (Å²) in [6, 6.07) is 15.8. The van der Waals surface area contributed by atoms with Gasteiger partial charge < -0.3 is 14.8 Å². The lowest BCUT2D eigenvalue weighted by Gasteiger charge is -2.10. The molecule has 0 fully saturated rings. The summed E-state index contributed by atoms with van der Waals surface area (Å²) in [5, 5.41) is 2.86. The number of anilines is 1. The molecule has 0 radical (unpaired) electrons. The molecule has 170 valence electrons. The number of carbonyl (C=O) groups excluding carboxylic acids is 2. The first-order valence-electron chi connectivity index (χ1n) is 9.42. The number of amides is 1. The lowest BCUT2D eigenvalue weighted by molar-refractivity contribution is -0.141. The number of esters is 1. The lowest BCUT2D eigenvalue weighted by atomic mass is 10.0. The Morgan fingerprint density at radius 2 is 1.76 bits per heavy atom. The molecule has 0 aliphatic heterocycles. The van der Waals surface area contributed by atoms with Gasteiger partial charge in [-0.25, -0.2) is 9.78 Å². The van der Waals surface area contributed by atoms with Crippen LogP contribution in [-0.4, -0.2) is 30.1 Å². The van der Waals surface area contributed by atoms with Crippen molar-refractivity contribution in [3.63, 3.8) is 0 Å². The molecule has 1 N–H and O–H groups in total. The standard InChI is InChI=1S/C23H16Cl2F2N2O4/c24-16-11-19(25)21(28-12-16)29-20(30)13-32-22(31)18(15-4-2-1-3-5-15)10-14-6-8-17(9-7-14)33-23(26)27/h1-12,23H,13H2,(H,28,29,30)/b18-10+. The Labute approximate surface area is 197 Å². The van der Waals surface area contributed by atoms with Crippen molar-refractivity contribution >= 4 is 52.5 Å². The fourth-order valence-electron chi connectivity index (χ4n) is 2.67. The zero-order valence-corrected chi connectivity index (χ0v) is 18.3. The van der Waals surface area contributed by atoms with Crippen molar-refractivity contribution in [3.8, 4) is 5.75 Å². The second-order valence-electron chi connectivity index (χ2n) is 6.48. The van der Waals surface area contributed by atoms with Crippen LogP contribution in [0.15, 0.2) is 66.9 Å². The molecule has 2 aromatic carbocycles. The third kappa shape index (κ3) is 7.27. The minimum Gasteiger partial charge on any atom is -0.452 e. The number of hydrogen-bond donors (Lipinski definition) is 1. The number of aromatic nitrogens is 1. The van der Waals surface area contributed by atoms with Crippen molar-refractivity contribution in [2.24, 2.45) is 0 Å². The molecule has 1 heterocycles. The van der Waals surface area contributed by atoms with Crippen LogP contribution in [0, 0.1) is 0 Å². The van der Waals surface area contributed by atoms with Gasteiger partial charge in [0.15, 0.2) is 12.4 Å². The van der Waals surface area contributed by atoms with Gasteiger partial charge in [0, 0.05) is 6.20 Å². The summed E-state index contributed by atoms with van der Waals surface area (Å²) >= 11 is 11.7. The minimum absolute atomic E-state index is 0.0165. The third-order valence-electron chi connectivity index (χ3n) is 4.12. The molecule has 0 atom stereocenters. The van der Waals surface area contributed by atoms with Gasteiger partial charge in [-0.2, -0.15) is 8.78 Å². The van der Waals surface area contributed by atoms with E-state index in [-0.39, 0.29) is 22.2 Å². The summed E-state index contributed by atoms with van der Waals surface area (Å²) in [6.07, 6.45) is 2.82. The van der Waals surface area contributed by atoms with Crippen molar-refractivity contribution in [3.05, 3.63) is 88.0 Å². The van der Waals surface area contributed by atoms with E-state index in [1.807, 2.05) is 0 Å². The number of benzene rings is 2. The number of rotatable bonds is 8. The Kier molecular flexibility index (Phi) is 8.34. The molecule has 0 unspecified atom stereocenters. The lowest BCUT2D eigenvalue weighted by Crippen LogP contribution is -2.22. The Bertz CT molecular complexity index is 1160. The van der Waals surface area contributed by atoms with E-state index in [2.05, 4.69) is 15.0 Å². The van der Waals surface area contributed by atoms with Crippen molar-refractivity contribution in [2.75, 3.05) is 11.9 Å². The van der Waals surface area contributed by atoms with Crippen molar-refractivity contribution in [1.82, 2.24) is 4.98 Å². The molecule has 0 saturated carbocycles. The Morgan fingerprint density at radius 3 is 2.39 bits per heavy atom. The van der Waals surface area contributed by atoms with Crippen LogP contribution in [0.2, 0.25) is 10.0 Å². The molecule has 3 rings (SSSR count). The van der Waals surface area contributed by atoms with Crippen molar-refractivity contribution in [2.45, 2.75) is 6.61 Å². The number of halogens is 4. The molecule has 33 heavy (non-hydrogen) atoms. The zero-order chi connectivity index (χ0) is 23.8. The quantitative estimate of drug-likeness (QED) is 0.247. The maximum atomic E-state index is 12.8. The smallest absolute Gasteiger partial charge is 0.387 e. The summed E-state index contributed by atoms with van der Waals surface area (Å²) in [4.78, 5) is 28.9. The Balaban J connectivity index is 1.73. The Morgan fingerprint density at radius 1 is 1.06 bits per heavy atom. The third-order valence-corrected chi connectivity index (χ3v) is 4.62. The van der Waals surface area contributed by atoms with E-state index in [0.717, 1.165) is 0 Å². The van der Waals surface area contributed by atoms with Gasteiger partial charge in [0.25, 0.3) is 5.91 Å². The van der Waals surface area contributed by atoms with E-state index in [0.29, 0.717) is 16.1 Å². The number of ether oxygens (including phenoxy) is 2. The number of pyridine rings is 1. The first-order valence-corrected chi connectivity index (χ1v) is 10.2. The summed E-state index contributed by atoms with van der Waals surface area (Å²) in [5.41, 5.74) is 1.24. The normalized spacial score (nSPS) is 11.2. The first-order chi connectivity index (χ1) is 15.8. The molecule has 10 heteroatoms. The Hall–Kier alpha value is -3.49. The van der Waals surface area contributed by atoms with Crippen LogP contribution in [-0.2, 0) is 14.3 Å². The van der Waals surface area contributed by atoms with E-state index in [4.69, 9.17) is 27.9 Å². The van der Waals surface area contributed by atoms with E-state index < -0.39 is 25.1 Å². The highest BCUT2D eigenvalue weighted by molar-refractivity contribution is 6.36. The fraction of sp³-hybridized carbons (Fsp3) is 0.0870. The van der Waals surface area contributed by atoms with Gasteiger partial charge in [-0.1, -0.05) is 65.7 Å². The maximum absolute atomic E-state index is 12.8. The van der Waals surface area contributed by atoms with Crippen LogP contribution in [0.25, 0.3) is 11.6 Å². The average Bonchev–Trinajstić information content (AvgIpc) is 2.79. The molecular formula is C23H16Cl2F2N2O4. The molecule has 0 spiro atoms. The number of alkyl halides is 2. The van der Waals surface area contributed by atoms with Crippen molar-refractivity contribution < 1.29 is 27.8 Å². The van der Waals surface area contributed by atoms with Crippen LogP contribution < -0.4 is 10.1 Å². The fourth-order valence-corrected chi connectivity index (χ4v) is 3.10. The van der Waals surface area contributed by atoms with Gasteiger partial charge in [-0.3, -0.25) is 4.79 Å². The largest absolute Gasteiger partial charge is 0.452 e. The molecular weight excluding hydrogens is 477 g/mol. The molecule has 0 saturated heterocycles. The second kappa shape index (κ2) is 11.4. The topological polar surface area (TPSA) is 77.5 Å². The monoisotopic (exact) mass is 492 g/mol. The summed E-state index contributed by atoms with van der Waals surface area (Å²) in [7, 11) is 0. The highest BCUT2D eigenvalue weighted by Gasteiger charge is 2.17. The highest BCUT2D eigenvalue weighted by atomic mass is 35.5. The van der Waals surface area contributed by atoms with Gasteiger partial charge in [0.2, 0.25) is 0 Å². The highest BCUT2D eigenvalue weighted by Crippen LogP contribution is 2.24. The van der Waals surface area contributed by atoms with Crippen LogP contribution >= 0.6 is 23.2 Å². The molecule has 0 aliphatic rings. The maximum Gasteiger partial charge on any atom is 0.387 e. The SMILES string of the molecule is O=C(COC(=O)/C(=C/c1ccc(OC(F)F)cc1)c1ccccc1)Nc1ncc(Cl)cc1Cl. The van der Waals surface area contributed by atoms with Crippen molar-refractivity contribution in [1.29, 1.82) is 0 Å². The predicted octanol–water partition coefficient (Wildman–Crippen LogP) is 5.71. The van der Waals surface area contributed by atoms with Gasteiger partial charge in [-0.05, 0) is 35.4 Å². The number of nitrogens with zero attached hydrogens (tertiary/aromatic N) is 1. The van der Waals surface area contributed by atoms with E-state index in [1.165, 1.54) is 42.6 Å². The summed E-state index contributed by atoms with van der Waals surface area (Å²) in [5.74, 6) is -1.36. The minimum atomic E-state index is -2.94. The number of nitrogens with one attached hydrogen (secondary N) is 1. The van der Waals surface area contributed by atoms with Crippen LogP contribution in [0.1, 0.15) is 11.1 Å². The molecule has 3 aromatic rings. The molecule has 0 aliphatic carbocycles. The van der Waals surface area contributed by atoms with Crippen LogP contribution in [0.5, 0.6) is 5.75 Å². The van der Waals surface area contributed by atoms with Gasteiger partial charge >= 0.3 is 12.6 Å². The zero-order valence-electron chi connectivity index (χ0n) is 16.8. The number of carbonyl (C=O) groups is 2. The second-order valence-corrected chi connectivity index (χ2v) is 7.32.